The molecule has 108 valence electrons. The maximum atomic E-state index is 10.6. The molecule has 0 bridgehead atoms. The molecule has 0 fully saturated rings. The third-order valence-corrected chi connectivity index (χ3v) is 2.74. The number of aromatic nitrogens is 2. The van der Waals surface area contributed by atoms with Gasteiger partial charge in [0.2, 0.25) is 11.7 Å². The fraction of sp³-hybridized carbons (Fsp3) is 0.769. The molecule has 2 atom stereocenters. The Kier molecular flexibility index (Phi) is 5.95. The number of hydrogen-bond donors (Lipinski definition) is 1. The molecule has 0 saturated heterocycles. The van der Waals surface area contributed by atoms with Crippen molar-refractivity contribution in [2.75, 3.05) is 6.61 Å². The molecule has 1 rings (SSSR count). The maximum Gasteiger partial charge on any atom is 0.303 e. The summed E-state index contributed by atoms with van der Waals surface area (Å²) in [5, 5.41) is 12.6. The summed E-state index contributed by atoms with van der Waals surface area (Å²) in [4.78, 5) is 14.9. The second-order valence-electron chi connectivity index (χ2n) is 5.07. The van der Waals surface area contributed by atoms with Crippen LogP contribution in [0.15, 0.2) is 4.52 Å². The molecule has 0 aliphatic rings. The van der Waals surface area contributed by atoms with E-state index in [0.29, 0.717) is 24.7 Å². The summed E-state index contributed by atoms with van der Waals surface area (Å²) in [6, 6.07) is 0. The van der Waals surface area contributed by atoms with Crippen molar-refractivity contribution in [3.8, 4) is 0 Å². The van der Waals surface area contributed by atoms with Crippen molar-refractivity contribution in [2.24, 2.45) is 11.8 Å². The minimum atomic E-state index is -0.818. The lowest BCUT2D eigenvalue weighted by Gasteiger charge is -2.16. The highest BCUT2D eigenvalue weighted by molar-refractivity contribution is 5.66. The molecule has 0 saturated carbocycles. The van der Waals surface area contributed by atoms with E-state index in [2.05, 4.69) is 10.1 Å². The lowest BCUT2D eigenvalue weighted by molar-refractivity contribution is -0.137. The summed E-state index contributed by atoms with van der Waals surface area (Å²) in [6.07, 6.45) is 0.379. The number of rotatable bonds is 8. The van der Waals surface area contributed by atoms with Gasteiger partial charge in [0.15, 0.2) is 0 Å². The molecule has 2 unspecified atom stereocenters. The number of carboxylic acids is 1. The van der Waals surface area contributed by atoms with Crippen LogP contribution in [0.2, 0.25) is 0 Å². The number of carboxylic acid groups (broad SMARTS) is 1. The van der Waals surface area contributed by atoms with Gasteiger partial charge >= 0.3 is 5.97 Å². The van der Waals surface area contributed by atoms with Crippen molar-refractivity contribution < 1.29 is 19.2 Å². The van der Waals surface area contributed by atoms with Crippen LogP contribution < -0.4 is 0 Å². The van der Waals surface area contributed by atoms with Crippen molar-refractivity contribution in [1.29, 1.82) is 0 Å². The molecule has 0 aliphatic carbocycles. The van der Waals surface area contributed by atoms with Gasteiger partial charge in [0.1, 0.15) is 6.10 Å². The Labute approximate surface area is 113 Å². The Morgan fingerprint density at radius 1 is 1.42 bits per heavy atom. The Morgan fingerprint density at radius 2 is 2.11 bits per heavy atom. The molecule has 0 amide bonds. The summed E-state index contributed by atoms with van der Waals surface area (Å²) in [7, 11) is 0. The summed E-state index contributed by atoms with van der Waals surface area (Å²) in [5.41, 5.74) is 0. The fourth-order valence-corrected chi connectivity index (χ4v) is 1.88. The van der Waals surface area contributed by atoms with E-state index < -0.39 is 5.97 Å². The predicted molar refractivity (Wildman–Crippen MR) is 68.6 cm³/mol. The molecular formula is C13H22N2O4. The van der Waals surface area contributed by atoms with Crippen molar-refractivity contribution in [1.82, 2.24) is 10.1 Å². The normalized spacial score (nSPS) is 14.6. The van der Waals surface area contributed by atoms with Crippen molar-refractivity contribution in [2.45, 2.75) is 46.6 Å². The first-order valence-electron chi connectivity index (χ1n) is 6.59. The topological polar surface area (TPSA) is 85.5 Å². The molecule has 19 heavy (non-hydrogen) atoms. The van der Waals surface area contributed by atoms with Gasteiger partial charge in [0.25, 0.3) is 0 Å². The molecule has 0 aromatic carbocycles. The highest BCUT2D eigenvalue weighted by Crippen LogP contribution is 2.23. The van der Waals surface area contributed by atoms with Crippen LogP contribution in [0.5, 0.6) is 0 Å². The largest absolute Gasteiger partial charge is 0.481 e. The zero-order chi connectivity index (χ0) is 14.4. The quantitative estimate of drug-likeness (QED) is 0.781. The minimum Gasteiger partial charge on any atom is -0.481 e. The Balaban J connectivity index is 2.67. The number of aliphatic carboxylic acids is 1. The fourth-order valence-electron chi connectivity index (χ4n) is 1.88. The molecule has 0 radical (unpaired) electrons. The molecule has 0 spiro atoms. The van der Waals surface area contributed by atoms with E-state index in [9.17, 15) is 4.79 Å². The van der Waals surface area contributed by atoms with E-state index in [1.807, 2.05) is 27.7 Å². The highest BCUT2D eigenvalue weighted by Gasteiger charge is 2.23. The van der Waals surface area contributed by atoms with E-state index in [-0.39, 0.29) is 24.4 Å². The van der Waals surface area contributed by atoms with Gasteiger partial charge in [-0.1, -0.05) is 25.9 Å². The lowest BCUT2D eigenvalue weighted by atomic mass is 10.0. The van der Waals surface area contributed by atoms with Gasteiger partial charge in [-0.2, -0.15) is 4.98 Å². The monoisotopic (exact) mass is 270 g/mol. The molecule has 1 N–H and O–H groups in total. The molecule has 6 nitrogen and oxygen atoms in total. The third-order valence-electron chi connectivity index (χ3n) is 2.74. The minimum absolute atomic E-state index is 0.0320. The van der Waals surface area contributed by atoms with Gasteiger partial charge in [-0.3, -0.25) is 4.79 Å². The first-order valence-corrected chi connectivity index (χ1v) is 6.59. The zero-order valence-electron chi connectivity index (χ0n) is 11.9. The van der Waals surface area contributed by atoms with Crippen molar-refractivity contribution >= 4 is 5.97 Å². The van der Waals surface area contributed by atoms with Crippen LogP contribution >= 0.6 is 0 Å². The SMILES string of the molecule is CCOC(c1noc(CC(C)CC(=O)O)n1)C(C)C. The average molecular weight is 270 g/mol. The van der Waals surface area contributed by atoms with Gasteiger partial charge in [-0.25, -0.2) is 0 Å². The lowest BCUT2D eigenvalue weighted by Crippen LogP contribution is -2.13. The first-order chi connectivity index (χ1) is 8.93. The summed E-state index contributed by atoms with van der Waals surface area (Å²) < 4.78 is 10.8. The van der Waals surface area contributed by atoms with Gasteiger partial charge < -0.3 is 14.4 Å². The predicted octanol–water partition coefficient (Wildman–Crippen LogP) is 2.46. The van der Waals surface area contributed by atoms with E-state index in [1.54, 1.807) is 0 Å². The average Bonchev–Trinajstić information content (AvgIpc) is 2.72. The van der Waals surface area contributed by atoms with Gasteiger partial charge in [-0.15, -0.1) is 0 Å². The number of ether oxygens (including phenoxy) is 1. The standard InChI is InChI=1S/C13H22N2O4/c1-5-18-12(8(2)3)13-14-10(19-15-13)6-9(4)7-11(16)17/h8-9,12H,5-7H2,1-4H3,(H,16,17). The second kappa shape index (κ2) is 7.23. The smallest absolute Gasteiger partial charge is 0.303 e. The molecule has 1 heterocycles. The van der Waals surface area contributed by atoms with Gasteiger partial charge in [0.05, 0.1) is 0 Å². The number of carbonyl (C=O) groups is 1. The van der Waals surface area contributed by atoms with Gasteiger partial charge in [-0.05, 0) is 18.8 Å². The van der Waals surface area contributed by atoms with Crippen LogP contribution in [0.1, 0.15) is 51.9 Å². The third kappa shape index (κ3) is 4.98. The van der Waals surface area contributed by atoms with Crippen LogP contribution in [-0.2, 0) is 16.0 Å². The van der Waals surface area contributed by atoms with E-state index in [4.69, 9.17) is 14.4 Å². The molecular weight excluding hydrogens is 248 g/mol. The second-order valence-corrected chi connectivity index (χ2v) is 5.07. The van der Waals surface area contributed by atoms with Crippen LogP contribution in [0, 0.1) is 11.8 Å². The van der Waals surface area contributed by atoms with Crippen LogP contribution in [0.3, 0.4) is 0 Å². The Hall–Kier alpha value is -1.43. The van der Waals surface area contributed by atoms with E-state index in [0.717, 1.165) is 0 Å². The highest BCUT2D eigenvalue weighted by atomic mass is 16.5. The summed E-state index contributed by atoms with van der Waals surface area (Å²) in [5.74, 6) is 0.405. The summed E-state index contributed by atoms with van der Waals surface area (Å²) >= 11 is 0. The maximum absolute atomic E-state index is 10.6. The van der Waals surface area contributed by atoms with Crippen LogP contribution in [0.25, 0.3) is 0 Å². The molecule has 1 aromatic heterocycles. The van der Waals surface area contributed by atoms with Crippen LogP contribution in [0.4, 0.5) is 0 Å². The van der Waals surface area contributed by atoms with Crippen molar-refractivity contribution in [3.05, 3.63) is 11.7 Å². The van der Waals surface area contributed by atoms with E-state index >= 15 is 0 Å². The molecule has 0 aliphatic heterocycles. The van der Waals surface area contributed by atoms with E-state index in [1.165, 1.54) is 0 Å². The Bertz CT molecular complexity index is 403. The van der Waals surface area contributed by atoms with Crippen LogP contribution in [-0.4, -0.2) is 27.8 Å². The molecule has 6 heteroatoms. The first kappa shape index (κ1) is 15.6. The van der Waals surface area contributed by atoms with Crippen molar-refractivity contribution in [3.63, 3.8) is 0 Å². The number of hydrogen-bond acceptors (Lipinski definition) is 5. The number of nitrogens with zero attached hydrogens (tertiary/aromatic N) is 2. The Morgan fingerprint density at radius 3 is 2.63 bits per heavy atom. The molecule has 1 aromatic rings. The summed E-state index contributed by atoms with van der Waals surface area (Å²) in [6.45, 7) is 8.42. The zero-order valence-corrected chi connectivity index (χ0v) is 11.9. The van der Waals surface area contributed by atoms with Gasteiger partial charge in [0, 0.05) is 19.4 Å².